The Morgan fingerprint density at radius 1 is 1.53 bits per heavy atom. The summed E-state index contributed by atoms with van der Waals surface area (Å²) in [6.45, 7) is 2.16. The number of ether oxygens (including phenoxy) is 1. The normalized spacial score (nSPS) is 10.5. The molecule has 4 heteroatoms. The lowest BCUT2D eigenvalue weighted by atomic mass is 10.2. The molecule has 0 heterocycles. The van der Waals surface area contributed by atoms with E-state index in [1.54, 1.807) is 13.2 Å². The molecule has 0 aromatic heterocycles. The van der Waals surface area contributed by atoms with Crippen LogP contribution in [0.2, 0.25) is 5.02 Å². The van der Waals surface area contributed by atoms with E-state index in [4.69, 9.17) is 16.3 Å². The molecule has 1 rings (SSSR count). The molecule has 3 nitrogen and oxygen atoms in total. The Hall–Kier alpha value is -1.48. The van der Waals surface area contributed by atoms with Crippen LogP contribution in [0.1, 0.15) is 18.9 Å². The lowest BCUT2D eigenvalue weighted by Gasteiger charge is -2.03. The highest BCUT2D eigenvalue weighted by molar-refractivity contribution is 6.32. The van der Waals surface area contributed by atoms with Crippen molar-refractivity contribution >= 4 is 23.6 Å². The summed E-state index contributed by atoms with van der Waals surface area (Å²) in [5, 5.41) is 3.33. The lowest BCUT2D eigenvalue weighted by molar-refractivity contribution is -0.118. The second-order valence-corrected chi connectivity index (χ2v) is 3.98. The van der Waals surface area contributed by atoms with Gasteiger partial charge >= 0.3 is 0 Å². The minimum Gasteiger partial charge on any atom is -0.495 e. The molecule has 92 valence electrons. The van der Waals surface area contributed by atoms with Crippen LogP contribution in [0.4, 0.5) is 0 Å². The second-order valence-electron chi connectivity index (χ2n) is 3.57. The molecule has 0 aliphatic carbocycles. The standard InChI is InChI=1S/C13H16ClNO2/c1-10(16)15-8-4-3-5-11-6-7-12(14)13(9-11)17-2/h3,5-7,9H,4,8H2,1-2H3,(H,15,16). The van der Waals surface area contributed by atoms with Gasteiger partial charge in [-0.05, 0) is 24.1 Å². The van der Waals surface area contributed by atoms with Crippen LogP contribution >= 0.6 is 11.6 Å². The molecule has 0 saturated carbocycles. The Morgan fingerprint density at radius 3 is 2.94 bits per heavy atom. The maximum Gasteiger partial charge on any atom is 0.216 e. The average Bonchev–Trinajstić information content (AvgIpc) is 2.30. The van der Waals surface area contributed by atoms with Crippen molar-refractivity contribution < 1.29 is 9.53 Å². The number of methoxy groups -OCH3 is 1. The summed E-state index contributed by atoms with van der Waals surface area (Å²) in [5.41, 5.74) is 1.02. The smallest absolute Gasteiger partial charge is 0.216 e. The van der Waals surface area contributed by atoms with Gasteiger partial charge in [-0.3, -0.25) is 4.79 Å². The minimum absolute atomic E-state index is 0.00781. The molecule has 1 aromatic carbocycles. The van der Waals surface area contributed by atoms with Crippen molar-refractivity contribution in [3.05, 3.63) is 34.9 Å². The van der Waals surface area contributed by atoms with E-state index in [-0.39, 0.29) is 5.91 Å². The third-order valence-electron chi connectivity index (χ3n) is 2.17. The Kier molecular flexibility index (Phi) is 5.57. The number of amides is 1. The summed E-state index contributed by atoms with van der Waals surface area (Å²) in [6, 6.07) is 5.59. The molecule has 1 N–H and O–H groups in total. The van der Waals surface area contributed by atoms with Gasteiger partial charge in [0.25, 0.3) is 0 Å². The van der Waals surface area contributed by atoms with E-state index in [1.165, 1.54) is 6.92 Å². The van der Waals surface area contributed by atoms with E-state index in [1.807, 2.05) is 24.3 Å². The first-order valence-corrected chi connectivity index (χ1v) is 5.76. The Bertz CT molecular complexity index is 416. The van der Waals surface area contributed by atoms with E-state index >= 15 is 0 Å². The maximum absolute atomic E-state index is 10.6. The fraction of sp³-hybridized carbons (Fsp3) is 0.308. The second kappa shape index (κ2) is 6.97. The van der Waals surface area contributed by atoms with Gasteiger partial charge in [0.1, 0.15) is 5.75 Å². The van der Waals surface area contributed by atoms with Crippen LogP contribution in [0.15, 0.2) is 24.3 Å². The largest absolute Gasteiger partial charge is 0.495 e. The molecule has 0 fully saturated rings. The van der Waals surface area contributed by atoms with Crippen molar-refractivity contribution in [1.29, 1.82) is 0 Å². The number of nitrogens with one attached hydrogen (secondary N) is 1. The summed E-state index contributed by atoms with van der Waals surface area (Å²) in [4.78, 5) is 10.6. The van der Waals surface area contributed by atoms with Crippen LogP contribution in [-0.4, -0.2) is 19.6 Å². The molecule has 0 unspecified atom stereocenters. The molecule has 0 saturated heterocycles. The first kappa shape index (κ1) is 13.6. The van der Waals surface area contributed by atoms with Crippen molar-refractivity contribution in [2.24, 2.45) is 0 Å². The molecule has 17 heavy (non-hydrogen) atoms. The quantitative estimate of drug-likeness (QED) is 0.820. The number of carbonyl (C=O) groups is 1. The van der Waals surface area contributed by atoms with Crippen molar-refractivity contribution in [2.75, 3.05) is 13.7 Å². The summed E-state index contributed by atoms with van der Waals surface area (Å²) < 4.78 is 5.12. The van der Waals surface area contributed by atoms with Crippen LogP contribution in [0.5, 0.6) is 5.75 Å². The number of hydrogen-bond acceptors (Lipinski definition) is 2. The number of rotatable bonds is 5. The van der Waals surface area contributed by atoms with Crippen molar-refractivity contribution in [1.82, 2.24) is 5.32 Å². The lowest BCUT2D eigenvalue weighted by Crippen LogP contribution is -2.20. The van der Waals surface area contributed by atoms with Crippen LogP contribution < -0.4 is 10.1 Å². The molecule has 1 amide bonds. The SMILES string of the molecule is COc1cc(C=CCCNC(C)=O)ccc1Cl. The van der Waals surface area contributed by atoms with Gasteiger partial charge in [0, 0.05) is 13.5 Å². The third kappa shape index (κ3) is 4.91. The first-order chi connectivity index (χ1) is 8.13. The van der Waals surface area contributed by atoms with Gasteiger partial charge in [0.15, 0.2) is 0 Å². The van der Waals surface area contributed by atoms with E-state index in [9.17, 15) is 4.79 Å². The van der Waals surface area contributed by atoms with Gasteiger partial charge in [-0.1, -0.05) is 29.8 Å². The van der Waals surface area contributed by atoms with Crippen LogP contribution in [-0.2, 0) is 4.79 Å². The third-order valence-corrected chi connectivity index (χ3v) is 2.48. The number of hydrogen-bond donors (Lipinski definition) is 1. The van der Waals surface area contributed by atoms with E-state index < -0.39 is 0 Å². The molecule has 0 radical (unpaired) electrons. The molecular formula is C13H16ClNO2. The van der Waals surface area contributed by atoms with Gasteiger partial charge < -0.3 is 10.1 Å². The molecule has 1 aromatic rings. The summed E-state index contributed by atoms with van der Waals surface area (Å²) in [6.07, 6.45) is 4.77. The highest BCUT2D eigenvalue weighted by atomic mass is 35.5. The fourth-order valence-corrected chi connectivity index (χ4v) is 1.53. The maximum atomic E-state index is 10.6. The van der Waals surface area contributed by atoms with Gasteiger partial charge in [-0.25, -0.2) is 0 Å². The van der Waals surface area contributed by atoms with Crippen molar-refractivity contribution in [2.45, 2.75) is 13.3 Å². The zero-order valence-corrected chi connectivity index (χ0v) is 10.8. The van der Waals surface area contributed by atoms with Gasteiger partial charge in [-0.2, -0.15) is 0 Å². The molecule has 0 spiro atoms. The zero-order valence-electron chi connectivity index (χ0n) is 10.00. The number of carbonyl (C=O) groups excluding carboxylic acids is 1. The zero-order chi connectivity index (χ0) is 12.7. The molecular weight excluding hydrogens is 238 g/mol. The Balaban J connectivity index is 2.50. The topological polar surface area (TPSA) is 38.3 Å². The minimum atomic E-state index is -0.00781. The Labute approximate surface area is 106 Å². The summed E-state index contributed by atoms with van der Waals surface area (Å²) in [7, 11) is 1.59. The van der Waals surface area contributed by atoms with Crippen LogP contribution in [0, 0.1) is 0 Å². The number of halogens is 1. The molecule has 0 atom stereocenters. The summed E-state index contributed by atoms with van der Waals surface area (Å²) >= 11 is 5.92. The number of benzene rings is 1. The predicted molar refractivity (Wildman–Crippen MR) is 70.3 cm³/mol. The highest BCUT2D eigenvalue weighted by Crippen LogP contribution is 2.25. The van der Waals surface area contributed by atoms with Gasteiger partial charge in [0.05, 0.1) is 12.1 Å². The van der Waals surface area contributed by atoms with Crippen molar-refractivity contribution in [3.63, 3.8) is 0 Å². The summed E-state index contributed by atoms with van der Waals surface area (Å²) in [5.74, 6) is 0.655. The van der Waals surface area contributed by atoms with E-state index in [2.05, 4.69) is 5.32 Å². The van der Waals surface area contributed by atoms with E-state index in [0.29, 0.717) is 17.3 Å². The van der Waals surface area contributed by atoms with Gasteiger partial charge in [0.2, 0.25) is 5.91 Å². The molecule has 0 bridgehead atoms. The van der Waals surface area contributed by atoms with E-state index in [0.717, 1.165) is 12.0 Å². The fourth-order valence-electron chi connectivity index (χ4n) is 1.33. The van der Waals surface area contributed by atoms with Gasteiger partial charge in [-0.15, -0.1) is 0 Å². The van der Waals surface area contributed by atoms with Crippen LogP contribution in [0.25, 0.3) is 6.08 Å². The van der Waals surface area contributed by atoms with Crippen LogP contribution in [0.3, 0.4) is 0 Å². The monoisotopic (exact) mass is 253 g/mol. The average molecular weight is 254 g/mol. The highest BCUT2D eigenvalue weighted by Gasteiger charge is 1.99. The Morgan fingerprint density at radius 2 is 2.29 bits per heavy atom. The molecule has 0 aliphatic heterocycles. The van der Waals surface area contributed by atoms with Crippen molar-refractivity contribution in [3.8, 4) is 5.75 Å². The molecule has 0 aliphatic rings. The first-order valence-electron chi connectivity index (χ1n) is 5.38. The predicted octanol–water partition coefficient (Wildman–Crippen LogP) is 2.89.